The van der Waals surface area contributed by atoms with Gasteiger partial charge in [0.05, 0.1) is 0 Å². The number of hydrogen-bond acceptors (Lipinski definition) is 5. The summed E-state index contributed by atoms with van der Waals surface area (Å²) in [6.07, 6.45) is 1.96. The van der Waals surface area contributed by atoms with E-state index in [2.05, 4.69) is 16.2 Å². The zero-order valence-electron chi connectivity index (χ0n) is 16.0. The molecule has 2 aliphatic rings. The maximum atomic E-state index is 13.0. The van der Waals surface area contributed by atoms with E-state index in [9.17, 15) is 13.2 Å². The normalized spacial score (nSPS) is 27.6. The van der Waals surface area contributed by atoms with Crippen LogP contribution in [0.3, 0.4) is 0 Å². The Kier molecular flexibility index (Phi) is 6.52. The van der Waals surface area contributed by atoms with Crippen LogP contribution in [0.5, 0.6) is 0 Å². The van der Waals surface area contributed by atoms with Crippen molar-refractivity contribution in [1.82, 2.24) is 20.5 Å². The fourth-order valence-electron chi connectivity index (χ4n) is 4.04. The van der Waals surface area contributed by atoms with Gasteiger partial charge >= 0.3 is 0 Å². The second-order valence-corrected chi connectivity index (χ2v) is 9.67. The van der Waals surface area contributed by atoms with Crippen LogP contribution in [0, 0.1) is 5.92 Å². The highest BCUT2D eigenvalue weighted by molar-refractivity contribution is 7.89. The number of benzene rings is 1. The van der Waals surface area contributed by atoms with Gasteiger partial charge in [0.25, 0.3) is 0 Å². The molecule has 2 aliphatic heterocycles. The van der Waals surface area contributed by atoms with Crippen LogP contribution in [0.1, 0.15) is 32.3 Å². The van der Waals surface area contributed by atoms with E-state index in [0.29, 0.717) is 32.5 Å². The molecule has 27 heavy (non-hydrogen) atoms. The molecule has 2 fully saturated rings. The minimum absolute atomic E-state index is 0.0360. The van der Waals surface area contributed by atoms with Gasteiger partial charge in [0.1, 0.15) is 5.25 Å². The van der Waals surface area contributed by atoms with E-state index >= 15 is 0 Å². The van der Waals surface area contributed by atoms with E-state index in [1.54, 1.807) is 4.31 Å². The lowest BCUT2D eigenvalue weighted by atomic mass is 9.97. The first-order valence-electron chi connectivity index (χ1n) is 9.71. The first-order chi connectivity index (χ1) is 12.9. The third-order valence-electron chi connectivity index (χ3n) is 5.61. The summed E-state index contributed by atoms with van der Waals surface area (Å²) in [6.45, 7) is 5.19. The third-order valence-corrected chi connectivity index (χ3v) is 8.20. The fraction of sp³-hybridized carbons (Fsp3) is 0.632. The Morgan fingerprint density at radius 1 is 1.11 bits per heavy atom. The maximum absolute atomic E-state index is 13.0. The highest BCUT2D eigenvalue weighted by atomic mass is 32.2. The van der Waals surface area contributed by atoms with Gasteiger partial charge in [-0.1, -0.05) is 30.3 Å². The van der Waals surface area contributed by atoms with E-state index in [4.69, 9.17) is 0 Å². The molecule has 3 rings (SSSR count). The molecule has 0 radical (unpaired) electrons. The van der Waals surface area contributed by atoms with E-state index in [1.165, 1.54) is 5.56 Å². The summed E-state index contributed by atoms with van der Waals surface area (Å²) < 4.78 is 27.5. The molecule has 0 aromatic heterocycles. The van der Waals surface area contributed by atoms with Crippen LogP contribution in [-0.4, -0.2) is 55.6 Å². The zero-order valence-corrected chi connectivity index (χ0v) is 16.8. The number of carbonyl (C=O) groups excluding carboxylic acids is 1. The van der Waals surface area contributed by atoms with Crippen molar-refractivity contribution < 1.29 is 13.2 Å². The van der Waals surface area contributed by atoms with Crippen LogP contribution >= 0.6 is 0 Å². The summed E-state index contributed by atoms with van der Waals surface area (Å²) in [5.74, 6) is -0.0733. The number of hydrazine groups is 1. The summed E-state index contributed by atoms with van der Waals surface area (Å²) in [4.78, 5) is 12.4. The van der Waals surface area contributed by atoms with Crippen LogP contribution in [0.25, 0.3) is 0 Å². The van der Waals surface area contributed by atoms with Gasteiger partial charge in [0.2, 0.25) is 15.9 Å². The second kappa shape index (κ2) is 8.68. The number of rotatable bonds is 6. The highest BCUT2D eigenvalue weighted by Gasteiger charge is 2.44. The largest absolute Gasteiger partial charge is 0.356 e. The Labute approximate surface area is 161 Å². The van der Waals surface area contributed by atoms with Crippen LogP contribution < -0.4 is 16.2 Å². The van der Waals surface area contributed by atoms with Gasteiger partial charge in [-0.3, -0.25) is 15.6 Å². The maximum Gasteiger partial charge on any atom is 0.223 e. The minimum Gasteiger partial charge on any atom is -0.356 e. The average molecular weight is 395 g/mol. The van der Waals surface area contributed by atoms with E-state index in [-0.39, 0.29) is 23.9 Å². The molecule has 0 bridgehead atoms. The van der Waals surface area contributed by atoms with Crippen LogP contribution in [0.15, 0.2) is 30.3 Å². The molecular formula is C19H30N4O3S. The smallest absolute Gasteiger partial charge is 0.223 e. The van der Waals surface area contributed by atoms with E-state index in [0.717, 1.165) is 6.42 Å². The molecule has 0 saturated carbocycles. The lowest BCUT2D eigenvalue weighted by Crippen LogP contribution is -2.50. The van der Waals surface area contributed by atoms with Crippen molar-refractivity contribution in [3.63, 3.8) is 0 Å². The minimum atomic E-state index is -3.39. The summed E-state index contributed by atoms with van der Waals surface area (Å²) in [5.41, 5.74) is 7.21. The molecule has 2 saturated heterocycles. The molecule has 0 spiro atoms. The Bertz CT molecular complexity index is 723. The molecule has 1 amide bonds. The van der Waals surface area contributed by atoms with E-state index < -0.39 is 15.3 Å². The quantitative estimate of drug-likeness (QED) is 0.659. The van der Waals surface area contributed by atoms with Crippen molar-refractivity contribution in [2.45, 2.75) is 50.4 Å². The number of amides is 1. The van der Waals surface area contributed by atoms with Gasteiger partial charge in [0.15, 0.2) is 0 Å². The summed E-state index contributed by atoms with van der Waals surface area (Å²) in [5, 5.41) is 2.52. The van der Waals surface area contributed by atoms with Gasteiger partial charge in [-0.15, -0.1) is 0 Å². The Morgan fingerprint density at radius 2 is 1.70 bits per heavy atom. The van der Waals surface area contributed by atoms with Crippen molar-refractivity contribution in [3.05, 3.63) is 35.9 Å². The Hall–Kier alpha value is -1.48. The lowest BCUT2D eigenvalue weighted by molar-refractivity contribution is -0.126. The van der Waals surface area contributed by atoms with Crippen LogP contribution in [0.4, 0.5) is 0 Å². The van der Waals surface area contributed by atoms with Crippen LogP contribution in [0.2, 0.25) is 0 Å². The summed E-state index contributed by atoms with van der Waals surface area (Å²) >= 11 is 0. The molecule has 150 valence electrons. The zero-order chi connectivity index (χ0) is 19.4. The van der Waals surface area contributed by atoms with E-state index in [1.807, 2.05) is 44.2 Å². The molecule has 2 heterocycles. The Balaban J connectivity index is 1.47. The third kappa shape index (κ3) is 4.68. The predicted molar refractivity (Wildman–Crippen MR) is 105 cm³/mol. The van der Waals surface area contributed by atoms with Gasteiger partial charge in [-0.05, 0) is 38.7 Å². The topological polar surface area (TPSA) is 90.5 Å². The SMILES string of the molecule is CC1NNC(C)C1S(=O)(=O)N1CCC(C(=O)NCCc2ccccc2)CC1. The van der Waals surface area contributed by atoms with Gasteiger partial charge < -0.3 is 5.32 Å². The van der Waals surface area contributed by atoms with Gasteiger partial charge in [-0.2, -0.15) is 0 Å². The summed E-state index contributed by atoms with van der Waals surface area (Å²) in [7, 11) is -3.39. The monoisotopic (exact) mass is 394 g/mol. The molecular weight excluding hydrogens is 364 g/mol. The number of hydrogen-bond donors (Lipinski definition) is 3. The molecule has 7 nitrogen and oxygen atoms in total. The fourth-order valence-corrected chi connectivity index (χ4v) is 6.27. The number of nitrogens with one attached hydrogen (secondary N) is 3. The van der Waals surface area contributed by atoms with Crippen LogP contribution in [-0.2, 0) is 21.2 Å². The first-order valence-corrected chi connectivity index (χ1v) is 11.2. The average Bonchev–Trinajstić information content (AvgIpc) is 3.01. The number of nitrogens with zero attached hydrogens (tertiary/aromatic N) is 1. The van der Waals surface area contributed by atoms with Crippen molar-refractivity contribution in [1.29, 1.82) is 0 Å². The number of piperidine rings is 1. The van der Waals surface area contributed by atoms with Crippen molar-refractivity contribution in [3.8, 4) is 0 Å². The Morgan fingerprint density at radius 3 is 2.30 bits per heavy atom. The molecule has 1 aromatic rings. The van der Waals surface area contributed by atoms with Crippen molar-refractivity contribution >= 4 is 15.9 Å². The standard InChI is InChI=1S/C19H30N4O3S/c1-14-18(15(2)22-21-14)27(25,26)23-12-9-17(10-13-23)19(24)20-11-8-16-6-4-3-5-7-16/h3-7,14-15,17-18,21-22H,8-13H2,1-2H3,(H,20,24). The molecule has 3 N–H and O–H groups in total. The molecule has 0 aliphatic carbocycles. The summed E-state index contributed by atoms with van der Waals surface area (Å²) in [6, 6.07) is 9.78. The highest BCUT2D eigenvalue weighted by Crippen LogP contribution is 2.25. The van der Waals surface area contributed by atoms with Gasteiger partial charge in [0, 0.05) is 37.6 Å². The molecule has 2 unspecified atom stereocenters. The molecule has 2 atom stereocenters. The lowest BCUT2D eigenvalue weighted by Gasteiger charge is -2.33. The van der Waals surface area contributed by atoms with Crippen molar-refractivity contribution in [2.75, 3.05) is 19.6 Å². The number of carbonyl (C=O) groups is 1. The van der Waals surface area contributed by atoms with Gasteiger partial charge in [-0.25, -0.2) is 12.7 Å². The molecule has 1 aromatic carbocycles. The first kappa shape index (κ1) is 20.3. The predicted octanol–water partition coefficient (Wildman–Crippen LogP) is 0.641. The number of sulfonamides is 1. The van der Waals surface area contributed by atoms with Crippen molar-refractivity contribution in [2.24, 2.45) is 5.92 Å². The second-order valence-electron chi connectivity index (χ2n) is 7.58. The molecule has 8 heteroatoms.